The van der Waals surface area contributed by atoms with E-state index in [0.29, 0.717) is 36.4 Å². The molecule has 2 heterocycles. The molecule has 1 atom stereocenters. The largest absolute Gasteiger partial charge is 0.486 e. The maximum atomic E-state index is 11.4. The van der Waals surface area contributed by atoms with Crippen LogP contribution in [0.3, 0.4) is 0 Å². The lowest BCUT2D eigenvalue weighted by molar-refractivity contribution is -0.119. The van der Waals surface area contributed by atoms with Crippen LogP contribution in [0.1, 0.15) is 30.2 Å². The highest BCUT2D eigenvalue weighted by Crippen LogP contribution is 2.33. The van der Waals surface area contributed by atoms with E-state index in [2.05, 4.69) is 15.5 Å². The van der Waals surface area contributed by atoms with Gasteiger partial charge in [0.1, 0.15) is 19.3 Å². The Bertz CT molecular complexity index is 668. The summed E-state index contributed by atoms with van der Waals surface area (Å²) in [6.45, 7) is 4.18. The first-order chi connectivity index (χ1) is 10.1. The molecule has 1 amide bonds. The molecular formula is C14H15N3O4. The number of fused-ring (bicyclic) bond motifs is 1. The predicted molar refractivity (Wildman–Crippen MR) is 72.1 cm³/mol. The van der Waals surface area contributed by atoms with Crippen LogP contribution in [0, 0.1) is 6.92 Å². The normalized spacial score (nSPS) is 14.6. The van der Waals surface area contributed by atoms with E-state index in [9.17, 15) is 4.79 Å². The second kappa shape index (κ2) is 5.43. The molecular weight excluding hydrogens is 274 g/mol. The van der Waals surface area contributed by atoms with Crippen molar-refractivity contribution in [1.82, 2.24) is 15.5 Å². The number of rotatable bonds is 3. The molecule has 3 rings (SSSR count). The van der Waals surface area contributed by atoms with E-state index in [1.165, 1.54) is 6.92 Å². The van der Waals surface area contributed by atoms with E-state index < -0.39 is 6.04 Å². The zero-order chi connectivity index (χ0) is 14.8. The lowest BCUT2D eigenvalue weighted by Gasteiger charge is -2.21. The van der Waals surface area contributed by atoms with Crippen molar-refractivity contribution in [3.05, 3.63) is 35.5 Å². The molecule has 0 saturated carbocycles. The van der Waals surface area contributed by atoms with Crippen molar-refractivity contribution >= 4 is 5.91 Å². The van der Waals surface area contributed by atoms with Gasteiger partial charge >= 0.3 is 0 Å². The van der Waals surface area contributed by atoms with Crippen molar-refractivity contribution < 1.29 is 18.8 Å². The molecule has 2 aromatic rings. The Labute approximate surface area is 121 Å². The Morgan fingerprint density at radius 3 is 2.71 bits per heavy atom. The first kappa shape index (κ1) is 13.4. The summed E-state index contributed by atoms with van der Waals surface area (Å²) < 4.78 is 16.0. The van der Waals surface area contributed by atoms with Crippen LogP contribution < -0.4 is 14.8 Å². The van der Waals surface area contributed by atoms with Crippen molar-refractivity contribution in [3.8, 4) is 11.5 Å². The zero-order valence-electron chi connectivity index (χ0n) is 11.8. The zero-order valence-corrected chi connectivity index (χ0v) is 11.8. The third-order valence-electron chi connectivity index (χ3n) is 3.05. The van der Waals surface area contributed by atoms with Crippen LogP contribution in [0.4, 0.5) is 0 Å². The van der Waals surface area contributed by atoms with Crippen LogP contribution in [0.2, 0.25) is 0 Å². The Balaban J connectivity index is 1.97. The van der Waals surface area contributed by atoms with Crippen molar-refractivity contribution in [2.24, 2.45) is 0 Å². The summed E-state index contributed by atoms with van der Waals surface area (Å²) in [7, 11) is 0. The lowest BCUT2D eigenvalue weighted by atomic mass is 10.1. The number of carbonyl (C=O) groups is 1. The molecule has 1 N–H and O–H groups in total. The van der Waals surface area contributed by atoms with Crippen LogP contribution in [0.15, 0.2) is 22.7 Å². The van der Waals surface area contributed by atoms with Crippen LogP contribution in [-0.2, 0) is 4.79 Å². The summed E-state index contributed by atoms with van der Waals surface area (Å²) in [5.74, 6) is 2.00. The van der Waals surface area contributed by atoms with Crippen molar-refractivity contribution in [3.63, 3.8) is 0 Å². The topological polar surface area (TPSA) is 86.5 Å². The molecule has 1 aromatic carbocycles. The van der Waals surface area contributed by atoms with Gasteiger partial charge in [-0.2, -0.15) is 4.98 Å². The van der Waals surface area contributed by atoms with Gasteiger partial charge in [-0.3, -0.25) is 4.79 Å². The maximum Gasteiger partial charge on any atom is 0.223 e. The maximum absolute atomic E-state index is 11.4. The summed E-state index contributed by atoms with van der Waals surface area (Å²) in [6, 6.07) is 4.99. The Morgan fingerprint density at radius 1 is 1.29 bits per heavy atom. The number of hydrogen-bond donors (Lipinski definition) is 1. The second-order valence-corrected chi connectivity index (χ2v) is 4.71. The van der Waals surface area contributed by atoms with Gasteiger partial charge in [0.2, 0.25) is 11.8 Å². The minimum atomic E-state index is -0.490. The molecule has 110 valence electrons. The van der Waals surface area contributed by atoms with E-state index in [1.807, 2.05) is 18.2 Å². The summed E-state index contributed by atoms with van der Waals surface area (Å²) in [5, 5.41) is 6.70. The molecule has 0 fully saturated rings. The van der Waals surface area contributed by atoms with Gasteiger partial charge in [-0.15, -0.1) is 0 Å². The average Bonchev–Trinajstić information content (AvgIpc) is 2.90. The van der Waals surface area contributed by atoms with Gasteiger partial charge in [0.05, 0.1) is 0 Å². The van der Waals surface area contributed by atoms with E-state index in [-0.39, 0.29) is 5.91 Å². The highest BCUT2D eigenvalue weighted by atomic mass is 16.6. The average molecular weight is 289 g/mol. The van der Waals surface area contributed by atoms with Gasteiger partial charge in [-0.05, 0) is 17.7 Å². The summed E-state index contributed by atoms with van der Waals surface area (Å²) in [6.07, 6.45) is 0. The molecule has 0 spiro atoms. The molecule has 1 aromatic heterocycles. The molecule has 0 aliphatic carbocycles. The molecule has 21 heavy (non-hydrogen) atoms. The van der Waals surface area contributed by atoms with Crippen molar-refractivity contribution in [2.75, 3.05) is 13.2 Å². The fourth-order valence-electron chi connectivity index (χ4n) is 2.17. The van der Waals surface area contributed by atoms with Crippen LogP contribution in [0.25, 0.3) is 0 Å². The van der Waals surface area contributed by atoms with Crippen molar-refractivity contribution in [2.45, 2.75) is 19.9 Å². The number of nitrogens with zero attached hydrogens (tertiary/aromatic N) is 2. The number of benzene rings is 1. The van der Waals surface area contributed by atoms with Crippen LogP contribution in [-0.4, -0.2) is 29.3 Å². The van der Waals surface area contributed by atoms with Crippen LogP contribution in [0.5, 0.6) is 11.5 Å². The number of carbonyl (C=O) groups excluding carboxylic acids is 1. The number of nitrogens with one attached hydrogen (secondary N) is 1. The number of aryl methyl sites for hydroxylation is 1. The number of aromatic nitrogens is 2. The highest BCUT2D eigenvalue weighted by Gasteiger charge is 2.23. The minimum absolute atomic E-state index is 0.183. The van der Waals surface area contributed by atoms with E-state index in [0.717, 1.165) is 5.56 Å². The minimum Gasteiger partial charge on any atom is -0.486 e. The first-order valence-corrected chi connectivity index (χ1v) is 6.60. The number of amides is 1. The summed E-state index contributed by atoms with van der Waals surface area (Å²) in [4.78, 5) is 15.6. The highest BCUT2D eigenvalue weighted by molar-refractivity contribution is 5.74. The van der Waals surface area contributed by atoms with Gasteiger partial charge in [0.25, 0.3) is 0 Å². The fourth-order valence-corrected chi connectivity index (χ4v) is 2.17. The Hall–Kier alpha value is -2.57. The molecule has 0 bridgehead atoms. The first-order valence-electron chi connectivity index (χ1n) is 6.60. The molecule has 7 heteroatoms. The van der Waals surface area contributed by atoms with Gasteiger partial charge in [-0.25, -0.2) is 0 Å². The molecule has 0 radical (unpaired) electrons. The molecule has 1 aliphatic heterocycles. The predicted octanol–water partition coefficient (Wildman–Crippen LogP) is 1.37. The van der Waals surface area contributed by atoms with Gasteiger partial charge in [0, 0.05) is 13.8 Å². The van der Waals surface area contributed by atoms with E-state index >= 15 is 0 Å². The summed E-state index contributed by atoms with van der Waals surface area (Å²) >= 11 is 0. The molecule has 0 saturated heterocycles. The van der Waals surface area contributed by atoms with Crippen molar-refractivity contribution in [1.29, 1.82) is 0 Å². The number of ether oxygens (including phenoxy) is 2. The summed E-state index contributed by atoms with van der Waals surface area (Å²) in [5.41, 5.74) is 0.801. The lowest BCUT2D eigenvalue weighted by Crippen LogP contribution is -2.28. The Kier molecular flexibility index (Phi) is 3.47. The Morgan fingerprint density at radius 2 is 2.05 bits per heavy atom. The van der Waals surface area contributed by atoms with E-state index in [4.69, 9.17) is 14.0 Å². The quantitative estimate of drug-likeness (QED) is 0.918. The third-order valence-corrected chi connectivity index (χ3v) is 3.05. The third kappa shape index (κ3) is 2.81. The SMILES string of the molecule is CC(=O)NC(c1ccc2c(c1)OCCO2)c1noc(C)n1. The van der Waals surface area contributed by atoms with Gasteiger partial charge in [-0.1, -0.05) is 11.2 Å². The monoisotopic (exact) mass is 289 g/mol. The second-order valence-electron chi connectivity index (χ2n) is 4.71. The number of hydrogen-bond acceptors (Lipinski definition) is 6. The fraction of sp³-hybridized carbons (Fsp3) is 0.357. The molecule has 1 aliphatic rings. The van der Waals surface area contributed by atoms with E-state index in [1.54, 1.807) is 6.92 Å². The van der Waals surface area contributed by atoms with Crippen LogP contribution >= 0.6 is 0 Å². The van der Waals surface area contributed by atoms with Gasteiger partial charge in [0.15, 0.2) is 17.3 Å². The molecule has 7 nitrogen and oxygen atoms in total. The standard InChI is InChI=1S/C14H15N3O4/c1-8(18)15-13(14-16-9(2)21-17-14)10-3-4-11-12(7-10)20-6-5-19-11/h3-4,7,13H,5-6H2,1-2H3,(H,15,18). The molecule has 1 unspecified atom stereocenters. The van der Waals surface area contributed by atoms with Gasteiger partial charge < -0.3 is 19.3 Å². The smallest absolute Gasteiger partial charge is 0.223 e.